The van der Waals surface area contributed by atoms with Gasteiger partial charge in [-0.3, -0.25) is 4.90 Å². The number of aliphatic hydroxyl groups excluding tert-OH is 1. The first kappa shape index (κ1) is 18.4. The highest BCUT2D eigenvalue weighted by molar-refractivity contribution is 7.15. The maximum atomic E-state index is 10.0. The minimum atomic E-state index is 0.0921. The van der Waals surface area contributed by atoms with Crippen LogP contribution >= 0.6 is 11.3 Å². The molecule has 0 bridgehead atoms. The van der Waals surface area contributed by atoms with Gasteiger partial charge >= 0.3 is 0 Å². The van der Waals surface area contributed by atoms with E-state index in [9.17, 15) is 5.11 Å². The quantitative estimate of drug-likeness (QED) is 0.822. The molecule has 4 nitrogen and oxygen atoms in total. The van der Waals surface area contributed by atoms with E-state index in [1.54, 1.807) is 11.3 Å². The van der Waals surface area contributed by atoms with Gasteiger partial charge in [0.25, 0.3) is 0 Å². The number of hydrogen-bond acceptors (Lipinski definition) is 5. The van der Waals surface area contributed by atoms with Crippen molar-refractivity contribution < 1.29 is 5.11 Å². The van der Waals surface area contributed by atoms with Crippen LogP contribution in [0, 0.1) is 5.41 Å². The molecule has 0 spiro atoms. The molecule has 0 saturated carbocycles. The maximum absolute atomic E-state index is 10.0. The van der Waals surface area contributed by atoms with E-state index < -0.39 is 0 Å². The summed E-state index contributed by atoms with van der Waals surface area (Å²) in [5.74, 6) is 0. The fourth-order valence-corrected chi connectivity index (χ4v) is 4.40. The van der Waals surface area contributed by atoms with Gasteiger partial charge in [0.05, 0.1) is 0 Å². The van der Waals surface area contributed by atoms with E-state index in [1.807, 2.05) is 20.3 Å². The summed E-state index contributed by atoms with van der Waals surface area (Å²) in [6, 6.07) is 10.6. The molecule has 2 heterocycles. The van der Waals surface area contributed by atoms with Crippen LogP contribution in [0.5, 0.6) is 0 Å². The second-order valence-corrected chi connectivity index (χ2v) is 8.52. The molecule has 1 aliphatic heterocycles. The number of aryl methyl sites for hydroxylation is 1. The number of rotatable bonds is 7. The van der Waals surface area contributed by atoms with Crippen molar-refractivity contribution in [2.75, 3.05) is 38.7 Å². The van der Waals surface area contributed by atoms with Gasteiger partial charge in [-0.05, 0) is 49.8 Å². The Hall–Kier alpha value is -1.43. The second kappa shape index (κ2) is 8.30. The van der Waals surface area contributed by atoms with Gasteiger partial charge in [0, 0.05) is 38.3 Å². The number of piperidine rings is 1. The minimum absolute atomic E-state index is 0.0921. The van der Waals surface area contributed by atoms with Gasteiger partial charge in [0.1, 0.15) is 0 Å². The van der Waals surface area contributed by atoms with Crippen LogP contribution in [0.15, 0.2) is 36.5 Å². The Morgan fingerprint density at radius 2 is 1.92 bits per heavy atom. The van der Waals surface area contributed by atoms with Crippen molar-refractivity contribution in [3.05, 3.63) is 47.0 Å². The largest absolute Gasteiger partial charge is 0.396 e. The molecule has 1 fully saturated rings. The first-order chi connectivity index (χ1) is 12.1. The van der Waals surface area contributed by atoms with Crippen LogP contribution in [0.3, 0.4) is 0 Å². The molecule has 0 atom stereocenters. The average molecular weight is 360 g/mol. The molecular formula is C20H29N3OS. The van der Waals surface area contributed by atoms with Crippen LogP contribution in [-0.2, 0) is 13.0 Å². The number of hydrogen-bond donors (Lipinski definition) is 1. The monoisotopic (exact) mass is 359 g/mol. The molecule has 1 aliphatic rings. The first-order valence-corrected chi connectivity index (χ1v) is 9.91. The highest BCUT2D eigenvalue weighted by Crippen LogP contribution is 2.36. The summed E-state index contributed by atoms with van der Waals surface area (Å²) in [6.07, 6.45) is 6.30. The topological polar surface area (TPSA) is 39.6 Å². The summed E-state index contributed by atoms with van der Waals surface area (Å²) in [7, 11) is 4.07. The average Bonchev–Trinajstić information content (AvgIpc) is 3.11. The molecule has 0 unspecified atom stereocenters. The molecule has 1 N–H and O–H groups in total. The molecule has 0 aliphatic carbocycles. The SMILES string of the molecule is CN(C)c1ncc(CN2CCC(CO)(CCc3ccccc3)CC2)s1. The Morgan fingerprint density at radius 1 is 1.20 bits per heavy atom. The molecule has 3 rings (SSSR count). The van der Waals surface area contributed by atoms with Gasteiger partial charge < -0.3 is 10.0 Å². The zero-order chi connectivity index (χ0) is 17.7. The van der Waals surface area contributed by atoms with Crippen molar-refractivity contribution in [1.82, 2.24) is 9.88 Å². The number of aliphatic hydroxyl groups is 1. The summed E-state index contributed by atoms with van der Waals surface area (Å²) in [6.45, 7) is 3.40. The number of benzene rings is 1. The lowest BCUT2D eigenvalue weighted by atomic mass is 9.75. The van der Waals surface area contributed by atoms with E-state index >= 15 is 0 Å². The van der Waals surface area contributed by atoms with Crippen LogP contribution in [-0.4, -0.2) is 48.8 Å². The van der Waals surface area contributed by atoms with Gasteiger partial charge in [-0.1, -0.05) is 30.3 Å². The van der Waals surface area contributed by atoms with Crippen LogP contribution in [0.4, 0.5) is 5.13 Å². The Balaban J connectivity index is 1.51. The van der Waals surface area contributed by atoms with Crippen molar-refractivity contribution in [2.24, 2.45) is 5.41 Å². The summed E-state index contributed by atoms with van der Waals surface area (Å²) < 4.78 is 0. The van der Waals surface area contributed by atoms with Crippen LogP contribution in [0.1, 0.15) is 29.7 Å². The maximum Gasteiger partial charge on any atom is 0.185 e. The number of likely N-dealkylation sites (tertiary alicyclic amines) is 1. The van der Waals surface area contributed by atoms with E-state index in [4.69, 9.17) is 0 Å². The van der Waals surface area contributed by atoms with Crippen molar-refractivity contribution in [3.8, 4) is 0 Å². The van der Waals surface area contributed by atoms with Gasteiger partial charge in [-0.15, -0.1) is 11.3 Å². The lowest BCUT2D eigenvalue weighted by Gasteiger charge is -2.40. The van der Waals surface area contributed by atoms with E-state index in [2.05, 4.69) is 45.1 Å². The van der Waals surface area contributed by atoms with Gasteiger partial charge in [0.15, 0.2) is 5.13 Å². The predicted octanol–water partition coefficient (Wildman–Crippen LogP) is 3.42. The zero-order valence-electron chi connectivity index (χ0n) is 15.3. The Morgan fingerprint density at radius 3 is 2.52 bits per heavy atom. The summed E-state index contributed by atoms with van der Waals surface area (Å²) in [5, 5.41) is 11.1. The predicted molar refractivity (Wildman–Crippen MR) is 105 cm³/mol. The molecule has 0 radical (unpaired) electrons. The van der Waals surface area contributed by atoms with E-state index in [0.717, 1.165) is 50.4 Å². The smallest absolute Gasteiger partial charge is 0.185 e. The van der Waals surface area contributed by atoms with E-state index in [1.165, 1.54) is 10.4 Å². The number of aromatic nitrogens is 1. The molecule has 1 saturated heterocycles. The highest BCUT2D eigenvalue weighted by atomic mass is 32.1. The van der Waals surface area contributed by atoms with Crippen LogP contribution in [0.2, 0.25) is 0 Å². The standard InChI is InChI=1S/C20H29N3OS/c1-22(2)19-21-14-18(25-19)15-23-12-10-20(16-24,11-13-23)9-8-17-6-4-3-5-7-17/h3-7,14,24H,8-13,15-16H2,1-2H3. The lowest BCUT2D eigenvalue weighted by Crippen LogP contribution is -2.41. The van der Waals surface area contributed by atoms with E-state index in [-0.39, 0.29) is 5.41 Å². The third-order valence-electron chi connectivity index (χ3n) is 5.34. The molecule has 136 valence electrons. The number of thiazole rings is 1. The number of nitrogens with zero attached hydrogens (tertiary/aromatic N) is 3. The molecule has 5 heteroatoms. The summed E-state index contributed by atoms with van der Waals surface area (Å²) >= 11 is 1.77. The van der Waals surface area contributed by atoms with Crippen molar-refractivity contribution >= 4 is 16.5 Å². The first-order valence-electron chi connectivity index (χ1n) is 9.09. The van der Waals surface area contributed by atoms with Gasteiger partial charge in [0.2, 0.25) is 0 Å². The molecule has 0 amide bonds. The van der Waals surface area contributed by atoms with Crippen LogP contribution in [0.25, 0.3) is 0 Å². The third kappa shape index (κ3) is 4.81. The van der Waals surface area contributed by atoms with Crippen molar-refractivity contribution in [3.63, 3.8) is 0 Å². The van der Waals surface area contributed by atoms with Gasteiger partial charge in [-0.25, -0.2) is 4.98 Å². The van der Waals surface area contributed by atoms with Crippen molar-refractivity contribution in [2.45, 2.75) is 32.2 Å². The van der Waals surface area contributed by atoms with Gasteiger partial charge in [-0.2, -0.15) is 0 Å². The van der Waals surface area contributed by atoms with Crippen LogP contribution < -0.4 is 4.90 Å². The normalized spacial score (nSPS) is 17.6. The highest BCUT2D eigenvalue weighted by Gasteiger charge is 2.33. The Labute approximate surface area is 155 Å². The fraction of sp³-hybridized carbons (Fsp3) is 0.550. The molecular weight excluding hydrogens is 330 g/mol. The minimum Gasteiger partial charge on any atom is -0.396 e. The second-order valence-electron chi connectivity index (χ2n) is 7.42. The Kier molecular flexibility index (Phi) is 6.10. The molecule has 1 aromatic carbocycles. The summed E-state index contributed by atoms with van der Waals surface area (Å²) in [4.78, 5) is 10.4. The number of anilines is 1. The molecule has 25 heavy (non-hydrogen) atoms. The van der Waals surface area contributed by atoms with Crippen molar-refractivity contribution in [1.29, 1.82) is 0 Å². The fourth-order valence-electron chi connectivity index (χ4n) is 3.52. The Bertz CT molecular complexity index is 648. The summed E-state index contributed by atoms with van der Waals surface area (Å²) in [5.41, 5.74) is 1.47. The van der Waals surface area contributed by atoms with E-state index in [0.29, 0.717) is 6.61 Å². The molecule has 2 aromatic rings. The lowest BCUT2D eigenvalue weighted by molar-refractivity contribution is 0.0350. The third-order valence-corrected chi connectivity index (χ3v) is 6.49. The molecule has 1 aromatic heterocycles. The zero-order valence-corrected chi connectivity index (χ0v) is 16.1.